The number of aromatic nitrogens is 2. The summed E-state index contributed by atoms with van der Waals surface area (Å²) in [5, 5.41) is 6.24. The number of H-pyrrole nitrogens is 1. The molecule has 5 N–H and O–H groups in total. The van der Waals surface area contributed by atoms with E-state index >= 15 is 0 Å². The van der Waals surface area contributed by atoms with E-state index in [0.717, 1.165) is 5.56 Å². The summed E-state index contributed by atoms with van der Waals surface area (Å²) in [7, 11) is 1.46. The van der Waals surface area contributed by atoms with E-state index in [1.54, 1.807) is 6.07 Å². The normalized spacial score (nSPS) is 11.6. The van der Waals surface area contributed by atoms with Crippen molar-refractivity contribution >= 4 is 40.0 Å². The van der Waals surface area contributed by atoms with Crippen LogP contribution in [0, 0.1) is 0 Å². The molecule has 0 spiro atoms. The largest absolute Gasteiger partial charge is 0.481 e. The molecule has 0 aliphatic heterocycles. The minimum absolute atomic E-state index is 0.136. The zero-order valence-electron chi connectivity index (χ0n) is 18.7. The number of hydrogen-bond donors (Lipinski definition) is 4. The van der Waals surface area contributed by atoms with E-state index < -0.39 is 11.5 Å². The summed E-state index contributed by atoms with van der Waals surface area (Å²) in [5.74, 6) is -0.746. The number of halogens is 1. The van der Waals surface area contributed by atoms with Crippen molar-refractivity contribution in [2.45, 2.75) is 6.04 Å². The molecule has 4 rings (SSSR count). The summed E-state index contributed by atoms with van der Waals surface area (Å²) in [6.45, 7) is 0.207. The van der Waals surface area contributed by atoms with Gasteiger partial charge >= 0.3 is 0 Å². The number of carbonyl (C=O) groups is 2. The van der Waals surface area contributed by atoms with Crippen molar-refractivity contribution in [2.75, 3.05) is 19.0 Å². The van der Waals surface area contributed by atoms with Gasteiger partial charge in [0.15, 0.2) is 0 Å². The number of pyridine rings is 2. The van der Waals surface area contributed by atoms with Crippen LogP contribution < -0.4 is 26.7 Å². The molecule has 0 bridgehead atoms. The Bertz CT molecular complexity index is 1460. The monoisotopic (exact) mass is 491 g/mol. The molecular formula is C25H22ClN5O4. The van der Waals surface area contributed by atoms with Crippen LogP contribution in [-0.2, 0) is 0 Å². The van der Waals surface area contributed by atoms with Crippen molar-refractivity contribution in [1.82, 2.24) is 15.3 Å². The third kappa shape index (κ3) is 5.32. The number of carbonyl (C=O) groups excluding carboxylic acids is 2. The van der Waals surface area contributed by atoms with E-state index in [0.29, 0.717) is 16.8 Å². The lowest BCUT2D eigenvalue weighted by molar-refractivity contribution is 0.0936. The molecule has 0 radical (unpaired) electrons. The van der Waals surface area contributed by atoms with Gasteiger partial charge in [-0.1, -0.05) is 41.9 Å². The van der Waals surface area contributed by atoms with Crippen molar-refractivity contribution in [3.8, 4) is 5.88 Å². The molecule has 178 valence electrons. The zero-order chi connectivity index (χ0) is 24.9. The molecule has 2 amide bonds. The van der Waals surface area contributed by atoms with Crippen LogP contribution in [0.2, 0.25) is 5.02 Å². The number of nitrogens with zero attached hydrogens (tertiary/aromatic N) is 1. The summed E-state index contributed by atoms with van der Waals surface area (Å²) in [6.07, 6.45) is 1.49. The van der Waals surface area contributed by atoms with Crippen molar-refractivity contribution in [2.24, 2.45) is 5.73 Å². The SMILES string of the molecule is COc1cc2[nH]c(=O)c(C(=O)Nc3cc(C(=O)NC(CN)c4ccccc4)ccc3Cl)cc2cn1. The lowest BCUT2D eigenvalue weighted by Crippen LogP contribution is -2.33. The Morgan fingerprint density at radius 2 is 1.89 bits per heavy atom. The minimum Gasteiger partial charge on any atom is -0.481 e. The van der Waals surface area contributed by atoms with Gasteiger partial charge in [-0.3, -0.25) is 14.4 Å². The number of ether oxygens (including phenoxy) is 1. The second-order valence-corrected chi connectivity index (χ2v) is 8.05. The van der Waals surface area contributed by atoms with Crippen LogP contribution in [0.5, 0.6) is 5.88 Å². The van der Waals surface area contributed by atoms with Crippen molar-refractivity contribution < 1.29 is 14.3 Å². The molecule has 2 aromatic carbocycles. The summed E-state index contributed by atoms with van der Waals surface area (Å²) in [6, 6.07) is 16.4. The number of rotatable bonds is 7. The first-order valence-electron chi connectivity index (χ1n) is 10.6. The summed E-state index contributed by atoms with van der Waals surface area (Å²) < 4.78 is 5.05. The van der Waals surface area contributed by atoms with E-state index in [-0.39, 0.29) is 40.3 Å². The van der Waals surface area contributed by atoms with E-state index in [4.69, 9.17) is 22.1 Å². The van der Waals surface area contributed by atoms with Crippen LogP contribution in [0.3, 0.4) is 0 Å². The standard InChI is InChI=1S/C25H22ClN5O4/c1-35-22-11-19-16(13-28-22)9-17(24(33)29-19)25(34)30-20-10-15(7-8-18(20)26)23(32)31-21(12-27)14-5-3-2-4-6-14/h2-11,13,21H,12,27H2,1H3,(H,29,33)(H,30,34)(H,31,32). The van der Waals surface area contributed by atoms with Gasteiger partial charge < -0.3 is 26.1 Å². The Morgan fingerprint density at radius 3 is 2.60 bits per heavy atom. The summed E-state index contributed by atoms with van der Waals surface area (Å²) in [5.41, 5.74) is 6.91. The zero-order valence-corrected chi connectivity index (χ0v) is 19.4. The highest BCUT2D eigenvalue weighted by Crippen LogP contribution is 2.24. The molecular weight excluding hydrogens is 470 g/mol. The van der Waals surface area contributed by atoms with Gasteiger partial charge in [-0.2, -0.15) is 0 Å². The third-order valence-electron chi connectivity index (χ3n) is 5.38. The summed E-state index contributed by atoms with van der Waals surface area (Å²) in [4.78, 5) is 45.0. The maximum Gasteiger partial charge on any atom is 0.261 e. The summed E-state index contributed by atoms with van der Waals surface area (Å²) >= 11 is 6.25. The van der Waals surface area contributed by atoms with Crippen molar-refractivity contribution in [3.63, 3.8) is 0 Å². The molecule has 0 fully saturated rings. The molecule has 2 heterocycles. The highest BCUT2D eigenvalue weighted by Gasteiger charge is 2.18. The molecule has 1 unspecified atom stereocenters. The molecule has 9 nitrogen and oxygen atoms in total. The maximum absolute atomic E-state index is 12.9. The van der Waals surface area contributed by atoms with Crippen LogP contribution in [0.4, 0.5) is 5.69 Å². The van der Waals surface area contributed by atoms with Gasteiger partial charge in [0.1, 0.15) is 5.56 Å². The van der Waals surface area contributed by atoms with Gasteiger partial charge in [0.05, 0.1) is 29.4 Å². The Balaban J connectivity index is 1.56. The van der Waals surface area contributed by atoms with Crippen LogP contribution in [-0.4, -0.2) is 35.4 Å². The van der Waals surface area contributed by atoms with Crippen molar-refractivity contribution in [3.05, 3.63) is 98.9 Å². The number of nitrogens with two attached hydrogens (primary N) is 1. The van der Waals surface area contributed by atoms with Gasteiger partial charge in [-0.05, 0) is 29.8 Å². The number of amides is 2. The molecule has 2 aromatic heterocycles. The lowest BCUT2D eigenvalue weighted by atomic mass is 10.1. The first-order valence-corrected chi connectivity index (χ1v) is 11.0. The average molecular weight is 492 g/mol. The van der Waals surface area contributed by atoms with Gasteiger partial charge in [0.25, 0.3) is 17.4 Å². The van der Waals surface area contributed by atoms with Crippen LogP contribution in [0.1, 0.15) is 32.3 Å². The minimum atomic E-state index is -0.687. The first kappa shape index (κ1) is 23.9. The molecule has 0 saturated heterocycles. The Kier molecular flexibility index (Phi) is 7.09. The molecule has 4 aromatic rings. The van der Waals surface area contributed by atoms with Crippen LogP contribution in [0.15, 0.2) is 71.7 Å². The van der Waals surface area contributed by atoms with Crippen LogP contribution >= 0.6 is 11.6 Å². The highest BCUT2D eigenvalue weighted by molar-refractivity contribution is 6.34. The Morgan fingerprint density at radius 1 is 1.11 bits per heavy atom. The van der Waals surface area contributed by atoms with E-state index in [1.165, 1.54) is 37.6 Å². The molecule has 35 heavy (non-hydrogen) atoms. The van der Waals surface area contributed by atoms with Crippen molar-refractivity contribution in [1.29, 1.82) is 0 Å². The fraction of sp³-hybridized carbons (Fsp3) is 0.120. The number of nitrogens with one attached hydrogen (secondary N) is 3. The fourth-order valence-electron chi connectivity index (χ4n) is 3.52. The van der Waals surface area contributed by atoms with Gasteiger partial charge in [0, 0.05) is 29.8 Å². The second kappa shape index (κ2) is 10.4. The van der Waals surface area contributed by atoms with Gasteiger partial charge in [-0.25, -0.2) is 4.98 Å². The number of methoxy groups -OCH3 is 1. The smallest absolute Gasteiger partial charge is 0.261 e. The quantitative estimate of drug-likeness (QED) is 0.313. The highest BCUT2D eigenvalue weighted by atomic mass is 35.5. The number of hydrogen-bond acceptors (Lipinski definition) is 6. The topological polar surface area (TPSA) is 139 Å². The molecule has 0 aliphatic carbocycles. The number of fused-ring (bicyclic) bond motifs is 1. The third-order valence-corrected chi connectivity index (χ3v) is 5.71. The number of benzene rings is 2. The van der Waals surface area contributed by atoms with Crippen LogP contribution in [0.25, 0.3) is 10.9 Å². The lowest BCUT2D eigenvalue weighted by Gasteiger charge is -2.18. The van der Waals surface area contributed by atoms with E-state index in [1.807, 2.05) is 30.3 Å². The molecule has 0 aliphatic rings. The average Bonchev–Trinajstić information content (AvgIpc) is 2.88. The second-order valence-electron chi connectivity index (χ2n) is 7.65. The predicted molar refractivity (Wildman–Crippen MR) is 134 cm³/mol. The molecule has 0 saturated carbocycles. The maximum atomic E-state index is 12.9. The van der Waals surface area contributed by atoms with Gasteiger partial charge in [0.2, 0.25) is 5.88 Å². The number of aromatic amines is 1. The predicted octanol–water partition coefficient (Wildman–Crippen LogP) is 3.27. The Labute approximate surface area is 205 Å². The molecule has 10 heteroatoms. The van der Waals surface area contributed by atoms with Gasteiger partial charge in [-0.15, -0.1) is 0 Å². The Hall–Kier alpha value is -4.21. The fourth-order valence-corrected chi connectivity index (χ4v) is 3.68. The number of anilines is 1. The first-order chi connectivity index (χ1) is 16.9. The van der Waals surface area contributed by atoms with E-state index in [9.17, 15) is 14.4 Å². The van der Waals surface area contributed by atoms with E-state index in [2.05, 4.69) is 20.6 Å². The molecule has 1 atom stereocenters.